The van der Waals surface area contributed by atoms with Crippen molar-refractivity contribution in [2.75, 3.05) is 11.5 Å². The predicted octanol–water partition coefficient (Wildman–Crippen LogP) is 4.67. The van der Waals surface area contributed by atoms with Crippen LogP contribution in [0.5, 0.6) is 5.75 Å². The Morgan fingerprint density at radius 1 is 1.06 bits per heavy atom. The number of carbonyl (C=O) groups is 2. The third-order valence-corrected chi connectivity index (χ3v) is 5.50. The minimum absolute atomic E-state index is 0.0548. The Balaban J connectivity index is 1.45. The van der Waals surface area contributed by atoms with Crippen LogP contribution >= 0.6 is 0 Å². The molecule has 158 valence electrons. The summed E-state index contributed by atoms with van der Waals surface area (Å²) in [5.41, 5.74) is 4.41. The maximum absolute atomic E-state index is 12.8. The number of anilines is 1. The first-order valence-corrected chi connectivity index (χ1v) is 10.6. The number of carbonyl (C=O) groups excluding carboxylic acids is 2. The summed E-state index contributed by atoms with van der Waals surface area (Å²) in [5, 5.41) is 3.04. The largest absolute Gasteiger partial charge is 0.494 e. The van der Waals surface area contributed by atoms with Crippen molar-refractivity contribution in [1.82, 2.24) is 5.32 Å². The smallest absolute Gasteiger partial charge is 0.251 e. The molecule has 1 atom stereocenters. The van der Waals surface area contributed by atoms with Gasteiger partial charge >= 0.3 is 0 Å². The number of benzene rings is 3. The SMILES string of the molecule is CCOc1ccc([C@H](C)NC(=O)c2ccc3c(c2)CC(=O)N3Cc2ccccc2)cc1. The van der Waals surface area contributed by atoms with E-state index < -0.39 is 0 Å². The molecular formula is C26H26N2O3. The van der Waals surface area contributed by atoms with E-state index in [4.69, 9.17) is 4.74 Å². The quantitative estimate of drug-likeness (QED) is 0.611. The molecule has 0 spiro atoms. The second kappa shape index (κ2) is 9.04. The minimum Gasteiger partial charge on any atom is -0.494 e. The summed E-state index contributed by atoms with van der Waals surface area (Å²) in [5.74, 6) is 0.713. The van der Waals surface area contributed by atoms with Gasteiger partial charge in [0.25, 0.3) is 5.91 Å². The molecule has 0 saturated carbocycles. The molecule has 31 heavy (non-hydrogen) atoms. The van der Waals surface area contributed by atoms with Gasteiger partial charge in [0.2, 0.25) is 5.91 Å². The number of hydrogen-bond acceptors (Lipinski definition) is 3. The van der Waals surface area contributed by atoms with Crippen LogP contribution in [-0.2, 0) is 17.8 Å². The summed E-state index contributed by atoms with van der Waals surface area (Å²) in [4.78, 5) is 27.2. The predicted molar refractivity (Wildman–Crippen MR) is 121 cm³/mol. The number of nitrogens with zero attached hydrogens (tertiary/aromatic N) is 1. The van der Waals surface area contributed by atoms with Crippen molar-refractivity contribution in [3.05, 3.63) is 95.1 Å². The van der Waals surface area contributed by atoms with Crippen LogP contribution < -0.4 is 15.0 Å². The molecule has 1 aliphatic rings. The summed E-state index contributed by atoms with van der Waals surface area (Å²) in [6.07, 6.45) is 0.317. The van der Waals surface area contributed by atoms with Crippen LogP contribution in [0.3, 0.4) is 0 Å². The number of fused-ring (bicyclic) bond motifs is 1. The molecule has 1 aliphatic heterocycles. The van der Waals surface area contributed by atoms with Gasteiger partial charge in [-0.25, -0.2) is 0 Å². The van der Waals surface area contributed by atoms with Gasteiger partial charge in [-0.3, -0.25) is 9.59 Å². The molecule has 0 unspecified atom stereocenters. The van der Waals surface area contributed by atoms with Gasteiger partial charge in [0.15, 0.2) is 0 Å². The third-order valence-electron chi connectivity index (χ3n) is 5.50. The molecule has 0 saturated heterocycles. The van der Waals surface area contributed by atoms with E-state index in [0.29, 0.717) is 25.1 Å². The lowest BCUT2D eigenvalue weighted by molar-refractivity contribution is -0.117. The van der Waals surface area contributed by atoms with Gasteiger partial charge in [-0.1, -0.05) is 42.5 Å². The summed E-state index contributed by atoms with van der Waals surface area (Å²) < 4.78 is 5.47. The molecule has 5 heteroatoms. The Morgan fingerprint density at radius 2 is 1.81 bits per heavy atom. The van der Waals surface area contributed by atoms with Gasteiger partial charge in [0.05, 0.1) is 25.6 Å². The van der Waals surface area contributed by atoms with E-state index in [1.54, 1.807) is 11.0 Å². The summed E-state index contributed by atoms with van der Waals surface area (Å²) in [7, 11) is 0. The molecule has 1 heterocycles. The second-order valence-electron chi connectivity index (χ2n) is 7.68. The topological polar surface area (TPSA) is 58.6 Å². The summed E-state index contributed by atoms with van der Waals surface area (Å²) in [6, 6.07) is 23.0. The van der Waals surface area contributed by atoms with Crippen molar-refractivity contribution in [1.29, 1.82) is 0 Å². The van der Waals surface area contributed by atoms with Gasteiger partial charge in [-0.05, 0) is 60.9 Å². The Morgan fingerprint density at radius 3 is 2.52 bits per heavy atom. The van der Waals surface area contributed by atoms with E-state index >= 15 is 0 Å². The van der Waals surface area contributed by atoms with Gasteiger partial charge in [-0.15, -0.1) is 0 Å². The zero-order chi connectivity index (χ0) is 21.8. The zero-order valence-electron chi connectivity index (χ0n) is 17.8. The van der Waals surface area contributed by atoms with E-state index in [0.717, 1.165) is 28.1 Å². The monoisotopic (exact) mass is 414 g/mol. The van der Waals surface area contributed by atoms with Crippen molar-refractivity contribution in [2.45, 2.75) is 32.9 Å². The van der Waals surface area contributed by atoms with Crippen LogP contribution in [0, 0.1) is 0 Å². The Labute approximate surface area is 182 Å². The lowest BCUT2D eigenvalue weighted by Gasteiger charge is -2.18. The van der Waals surface area contributed by atoms with Gasteiger partial charge in [-0.2, -0.15) is 0 Å². The van der Waals surface area contributed by atoms with Crippen molar-refractivity contribution in [3.8, 4) is 5.75 Å². The zero-order valence-corrected chi connectivity index (χ0v) is 17.8. The van der Waals surface area contributed by atoms with Crippen molar-refractivity contribution in [2.24, 2.45) is 0 Å². The fraction of sp³-hybridized carbons (Fsp3) is 0.231. The number of amides is 2. The first-order chi connectivity index (χ1) is 15.0. The highest BCUT2D eigenvalue weighted by molar-refractivity contribution is 6.03. The number of rotatable bonds is 7. The summed E-state index contributed by atoms with van der Waals surface area (Å²) in [6.45, 7) is 5.05. The number of ether oxygens (including phenoxy) is 1. The van der Waals surface area contributed by atoms with Crippen molar-refractivity contribution < 1.29 is 14.3 Å². The fourth-order valence-electron chi connectivity index (χ4n) is 3.85. The molecule has 1 N–H and O–H groups in total. The number of nitrogens with one attached hydrogen (secondary N) is 1. The molecule has 0 fully saturated rings. The molecule has 0 aliphatic carbocycles. The summed E-state index contributed by atoms with van der Waals surface area (Å²) >= 11 is 0. The Kier molecular flexibility index (Phi) is 6.03. The maximum atomic E-state index is 12.8. The first kappa shape index (κ1) is 20.7. The van der Waals surface area contributed by atoms with E-state index in [2.05, 4.69) is 5.32 Å². The van der Waals surface area contributed by atoms with Crippen LogP contribution in [0.2, 0.25) is 0 Å². The van der Waals surface area contributed by atoms with E-state index in [9.17, 15) is 9.59 Å². The molecule has 0 aromatic heterocycles. The van der Waals surface area contributed by atoms with Crippen LogP contribution in [-0.4, -0.2) is 18.4 Å². The van der Waals surface area contributed by atoms with Gasteiger partial charge in [0.1, 0.15) is 5.75 Å². The Bertz CT molecular complexity index is 1080. The highest BCUT2D eigenvalue weighted by Gasteiger charge is 2.28. The highest BCUT2D eigenvalue weighted by atomic mass is 16.5. The highest BCUT2D eigenvalue weighted by Crippen LogP contribution is 2.31. The van der Waals surface area contributed by atoms with E-state index in [1.807, 2.05) is 80.6 Å². The lowest BCUT2D eigenvalue weighted by atomic mass is 10.1. The van der Waals surface area contributed by atoms with Crippen molar-refractivity contribution >= 4 is 17.5 Å². The average Bonchev–Trinajstić information content (AvgIpc) is 3.09. The molecule has 2 amide bonds. The lowest BCUT2D eigenvalue weighted by Crippen LogP contribution is -2.27. The van der Waals surface area contributed by atoms with Gasteiger partial charge in [0, 0.05) is 11.3 Å². The van der Waals surface area contributed by atoms with Gasteiger partial charge < -0.3 is 15.0 Å². The van der Waals surface area contributed by atoms with E-state index in [1.165, 1.54) is 0 Å². The normalized spacial score (nSPS) is 13.6. The fourth-order valence-corrected chi connectivity index (χ4v) is 3.85. The van der Waals surface area contributed by atoms with Crippen LogP contribution in [0.25, 0.3) is 0 Å². The molecule has 0 radical (unpaired) electrons. The third kappa shape index (κ3) is 4.61. The molecule has 3 aromatic rings. The molecule has 4 rings (SSSR count). The standard InChI is InChI=1S/C26H26N2O3/c1-3-31-23-12-9-20(10-13-23)18(2)27-26(30)21-11-14-24-22(15-21)16-25(29)28(24)17-19-7-5-4-6-8-19/h4-15,18H,3,16-17H2,1-2H3,(H,27,30)/t18-/m0/s1. The average molecular weight is 415 g/mol. The van der Waals surface area contributed by atoms with Crippen LogP contribution in [0.15, 0.2) is 72.8 Å². The molecule has 5 nitrogen and oxygen atoms in total. The molecule has 0 bridgehead atoms. The van der Waals surface area contributed by atoms with E-state index in [-0.39, 0.29) is 17.9 Å². The number of hydrogen-bond donors (Lipinski definition) is 1. The minimum atomic E-state index is -0.154. The molecule has 3 aromatic carbocycles. The second-order valence-corrected chi connectivity index (χ2v) is 7.68. The van der Waals surface area contributed by atoms with Crippen LogP contribution in [0.1, 0.15) is 46.9 Å². The van der Waals surface area contributed by atoms with Crippen LogP contribution in [0.4, 0.5) is 5.69 Å². The Hall–Kier alpha value is -3.60. The maximum Gasteiger partial charge on any atom is 0.251 e. The molecular weight excluding hydrogens is 388 g/mol. The first-order valence-electron chi connectivity index (χ1n) is 10.6. The van der Waals surface area contributed by atoms with Crippen molar-refractivity contribution in [3.63, 3.8) is 0 Å².